The Morgan fingerprint density at radius 2 is 2.14 bits per heavy atom. The van der Waals surface area contributed by atoms with Crippen molar-refractivity contribution in [1.29, 1.82) is 0 Å². The first-order valence-electron chi connectivity index (χ1n) is 9.29. The Balaban J connectivity index is 1.76. The van der Waals surface area contributed by atoms with Crippen LogP contribution in [0.5, 0.6) is 5.75 Å². The number of phenolic OH excluding ortho intramolecular Hbond substituents is 1. The predicted molar refractivity (Wildman–Crippen MR) is 106 cm³/mol. The maximum absolute atomic E-state index is 14.6. The van der Waals surface area contributed by atoms with Crippen molar-refractivity contribution in [3.05, 3.63) is 64.4 Å². The molecule has 0 radical (unpaired) electrons. The number of benzene rings is 2. The molecule has 7 heteroatoms. The van der Waals surface area contributed by atoms with Crippen LogP contribution in [-0.2, 0) is 16.0 Å². The molecule has 2 atom stereocenters. The molecule has 2 unspecified atom stereocenters. The molecule has 1 heterocycles. The van der Waals surface area contributed by atoms with Crippen molar-refractivity contribution in [2.45, 2.75) is 25.5 Å². The van der Waals surface area contributed by atoms with E-state index in [1.807, 2.05) is 6.92 Å². The van der Waals surface area contributed by atoms with E-state index < -0.39 is 11.9 Å². The Morgan fingerprint density at radius 3 is 2.86 bits per heavy atom. The van der Waals surface area contributed by atoms with Crippen LogP contribution in [0, 0.1) is 5.82 Å². The Labute approximate surface area is 169 Å². The van der Waals surface area contributed by atoms with Crippen LogP contribution in [0.4, 0.5) is 4.39 Å². The number of phenols is 1. The van der Waals surface area contributed by atoms with Crippen LogP contribution in [0.1, 0.15) is 24.1 Å². The lowest BCUT2D eigenvalue weighted by Crippen LogP contribution is -2.47. The number of carbonyl (C=O) groups is 1. The fourth-order valence-electron chi connectivity index (χ4n) is 3.48. The molecule has 0 bridgehead atoms. The standard InChI is InChI=1S/C21H24ClFN2O3/c1-14-13-25(9-10-28-14)18(21-16(22)6-4-7-17(21)23)12-24-20(27)11-15-5-2-3-8-19(15)26/h2-8,14,18,26H,9-13H2,1H3,(H,24,27). The van der Waals surface area contributed by atoms with Gasteiger partial charge in [-0.2, -0.15) is 0 Å². The summed E-state index contributed by atoms with van der Waals surface area (Å²) in [6, 6.07) is 10.9. The number of carbonyl (C=O) groups excluding carboxylic acids is 1. The average molecular weight is 407 g/mol. The Kier molecular flexibility index (Phi) is 6.88. The zero-order valence-electron chi connectivity index (χ0n) is 15.7. The van der Waals surface area contributed by atoms with Crippen LogP contribution in [0.25, 0.3) is 0 Å². The number of aromatic hydroxyl groups is 1. The van der Waals surface area contributed by atoms with Gasteiger partial charge < -0.3 is 15.2 Å². The second-order valence-electron chi connectivity index (χ2n) is 6.94. The molecule has 2 aromatic rings. The number of amides is 1. The van der Waals surface area contributed by atoms with E-state index in [0.29, 0.717) is 35.8 Å². The van der Waals surface area contributed by atoms with Crippen LogP contribution < -0.4 is 5.32 Å². The summed E-state index contributed by atoms with van der Waals surface area (Å²) in [6.45, 7) is 3.94. The van der Waals surface area contributed by atoms with E-state index in [9.17, 15) is 14.3 Å². The number of morpholine rings is 1. The normalized spacial score (nSPS) is 18.6. The van der Waals surface area contributed by atoms with E-state index in [4.69, 9.17) is 16.3 Å². The topological polar surface area (TPSA) is 61.8 Å². The SMILES string of the molecule is CC1CN(C(CNC(=O)Cc2ccccc2O)c2c(F)cccc2Cl)CCO1. The van der Waals surface area contributed by atoms with Gasteiger partial charge in [-0.05, 0) is 25.1 Å². The minimum absolute atomic E-state index is 0.0127. The largest absolute Gasteiger partial charge is 0.508 e. The molecule has 3 rings (SSSR count). The van der Waals surface area contributed by atoms with E-state index >= 15 is 0 Å². The van der Waals surface area contributed by atoms with Gasteiger partial charge >= 0.3 is 0 Å². The first kappa shape index (κ1) is 20.6. The van der Waals surface area contributed by atoms with Gasteiger partial charge in [0.05, 0.1) is 25.2 Å². The van der Waals surface area contributed by atoms with Crippen LogP contribution in [0.15, 0.2) is 42.5 Å². The molecule has 28 heavy (non-hydrogen) atoms. The summed E-state index contributed by atoms with van der Waals surface area (Å²) in [7, 11) is 0. The second-order valence-corrected chi connectivity index (χ2v) is 7.34. The molecule has 1 amide bonds. The van der Waals surface area contributed by atoms with Crippen LogP contribution in [0.2, 0.25) is 5.02 Å². The third kappa shape index (κ3) is 5.01. The van der Waals surface area contributed by atoms with Crippen molar-refractivity contribution >= 4 is 17.5 Å². The number of rotatable bonds is 6. The van der Waals surface area contributed by atoms with Gasteiger partial charge in [-0.15, -0.1) is 0 Å². The van der Waals surface area contributed by atoms with Crippen molar-refractivity contribution in [3.8, 4) is 5.75 Å². The van der Waals surface area contributed by atoms with Crippen molar-refractivity contribution in [2.75, 3.05) is 26.2 Å². The number of ether oxygens (including phenoxy) is 1. The number of hydrogen-bond acceptors (Lipinski definition) is 4. The van der Waals surface area contributed by atoms with Gasteiger partial charge in [0.15, 0.2) is 0 Å². The first-order chi connectivity index (χ1) is 13.5. The molecular formula is C21H24ClFN2O3. The first-order valence-corrected chi connectivity index (χ1v) is 9.66. The van der Waals surface area contributed by atoms with E-state index in [0.717, 1.165) is 0 Å². The lowest BCUT2D eigenvalue weighted by atomic mass is 10.0. The highest BCUT2D eigenvalue weighted by atomic mass is 35.5. The lowest BCUT2D eigenvalue weighted by Gasteiger charge is -2.38. The van der Waals surface area contributed by atoms with Gasteiger partial charge in [-0.25, -0.2) is 4.39 Å². The van der Waals surface area contributed by atoms with Gasteiger partial charge in [0, 0.05) is 35.8 Å². The van der Waals surface area contributed by atoms with Gasteiger partial charge in [0.2, 0.25) is 5.91 Å². The van der Waals surface area contributed by atoms with Gasteiger partial charge in [-0.3, -0.25) is 9.69 Å². The van der Waals surface area contributed by atoms with Gasteiger partial charge in [0.25, 0.3) is 0 Å². The number of para-hydroxylation sites is 1. The molecule has 0 aliphatic carbocycles. The molecule has 1 aliphatic rings. The summed E-state index contributed by atoms with van der Waals surface area (Å²) in [4.78, 5) is 14.5. The number of halogens is 2. The van der Waals surface area contributed by atoms with Crippen molar-refractivity contribution in [1.82, 2.24) is 10.2 Å². The molecule has 0 spiro atoms. The van der Waals surface area contributed by atoms with E-state index in [2.05, 4.69) is 10.2 Å². The van der Waals surface area contributed by atoms with Crippen molar-refractivity contribution < 1.29 is 19.0 Å². The average Bonchev–Trinajstić information content (AvgIpc) is 2.66. The highest BCUT2D eigenvalue weighted by Gasteiger charge is 2.29. The number of nitrogens with one attached hydrogen (secondary N) is 1. The third-order valence-corrected chi connectivity index (χ3v) is 5.21. The smallest absolute Gasteiger partial charge is 0.224 e. The highest BCUT2D eigenvalue weighted by Crippen LogP contribution is 2.31. The Morgan fingerprint density at radius 1 is 1.36 bits per heavy atom. The lowest BCUT2D eigenvalue weighted by molar-refractivity contribution is -0.120. The van der Waals surface area contributed by atoms with E-state index in [1.165, 1.54) is 6.07 Å². The molecule has 2 N–H and O–H groups in total. The van der Waals surface area contributed by atoms with Gasteiger partial charge in [0.1, 0.15) is 11.6 Å². The number of hydrogen-bond donors (Lipinski definition) is 2. The summed E-state index contributed by atoms with van der Waals surface area (Å²) in [5.74, 6) is -0.569. The molecule has 150 valence electrons. The van der Waals surface area contributed by atoms with Crippen LogP contribution in [0.3, 0.4) is 0 Å². The monoisotopic (exact) mass is 406 g/mol. The van der Waals surface area contributed by atoms with Crippen LogP contribution in [-0.4, -0.2) is 48.3 Å². The summed E-state index contributed by atoms with van der Waals surface area (Å²) in [5, 5.41) is 13.0. The summed E-state index contributed by atoms with van der Waals surface area (Å²) in [6.07, 6.45) is 0.0583. The minimum Gasteiger partial charge on any atom is -0.508 e. The van der Waals surface area contributed by atoms with Crippen molar-refractivity contribution in [2.24, 2.45) is 0 Å². The fourth-order valence-corrected chi connectivity index (χ4v) is 3.77. The van der Waals surface area contributed by atoms with Crippen molar-refractivity contribution in [3.63, 3.8) is 0 Å². The van der Waals surface area contributed by atoms with Gasteiger partial charge in [-0.1, -0.05) is 35.9 Å². The molecule has 2 aromatic carbocycles. The molecule has 0 aromatic heterocycles. The Hall–Kier alpha value is -2.15. The fraction of sp³-hybridized carbons (Fsp3) is 0.381. The highest BCUT2D eigenvalue weighted by molar-refractivity contribution is 6.31. The second kappa shape index (κ2) is 9.37. The predicted octanol–water partition coefficient (Wildman–Crippen LogP) is 3.31. The van der Waals surface area contributed by atoms with E-state index in [1.54, 1.807) is 36.4 Å². The minimum atomic E-state index is -0.409. The van der Waals surface area contributed by atoms with Crippen LogP contribution >= 0.6 is 11.6 Å². The molecule has 5 nitrogen and oxygen atoms in total. The van der Waals surface area contributed by atoms with E-state index in [-0.39, 0.29) is 30.7 Å². The number of nitrogens with zero attached hydrogens (tertiary/aromatic N) is 1. The quantitative estimate of drug-likeness (QED) is 0.772. The maximum Gasteiger partial charge on any atom is 0.224 e. The molecular weight excluding hydrogens is 383 g/mol. The molecule has 1 saturated heterocycles. The molecule has 1 aliphatic heterocycles. The summed E-state index contributed by atoms with van der Waals surface area (Å²) >= 11 is 6.30. The maximum atomic E-state index is 14.6. The summed E-state index contributed by atoms with van der Waals surface area (Å²) in [5.41, 5.74) is 0.918. The summed E-state index contributed by atoms with van der Waals surface area (Å²) < 4.78 is 20.2. The zero-order valence-corrected chi connectivity index (χ0v) is 16.5. The molecule has 1 fully saturated rings. The zero-order chi connectivity index (χ0) is 20.1. The third-order valence-electron chi connectivity index (χ3n) is 4.88. The Bertz CT molecular complexity index is 813. The molecule has 0 saturated carbocycles.